The van der Waals surface area contributed by atoms with Crippen molar-refractivity contribution in [1.82, 2.24) is 0 Å². The van der Waals surface area contributed by atoms with Crippen molar-refractivity contribution in [1.29, 1.82) is 0 Å². The van der Waals surface area contributed by atoms with Crippen molar-refractivity contribution >= 4 is 0 Å². The molecule has 6 atom stereocenters. The number of hydrogen-bond donors (Lipinski definition) is 3. The maximum absolute atomic E-state index is 10.5. The van der Waals surface area contributed by atoms with Gasteiger partial charge in [-0.2, -0.15) is 0 Å². The number of aliphatic hydroxyl groups is 3. The second-order valence-electron chi connectivity index (χ2n) is 11.3. The number of aliphatic hydroxyl groups excluding tert-OH is 2. The molecule has 0 bridgehead atoms. The third-order valence-corrected chi connectivity index (χ3v) is 9.35. The summed E-state index contributed by atoms with van der Waals surface area (Å²) in [6.45, 7) is 13.6. The van der Waals surface area contributed by atoms with E-state index in [4.69, 9.17) is 4.74 Å². The fourth-order valence-corrected chi connectivity index (χ4v) is 6.91. The minimum atomic E-state index is -0.630. The molecule has 4 heteroatoms. The summed E-state index contributed by atoms with van der Waals surface area (Å²) in [6.07, 6.45) is 13.8. The zero-order valence-corrected chi connectivity index (χ0v) is 21.5. The maximum Gasteiger partial charge on any atom is 0.0811 e. The summed E-state index contributed by atoms with van der Waals surface area (Å²) in [5, 5.41) is 30.7. The topological polar surface area (TPSA) is 69.9 Å². The Bertz CT molecular complexity index is 734. The van der Waals surface area contributed by atoms with Gasteiger partial charge in [-0.05, 0) is 99.5 Å². The molecule has 0 spiro atoms. The zero-order chi connectivity index (χ0) is 24.2. The first-order valence-corrected chi connectivity index (χ1v) is 13.4. The Kier molecular flexibility index (Phi) is 9.05. The van der Waals surface area contributed by atoms with Gasteiger partial charge in [0.05, 0.1) is 23.9 Å². The molecule has 0 aromatic carbocycles. The van der Waals surface area contributed by atoms with Crippen LogP contribution < -0.4 is 0 Å². The number of rotatable bonds is 9. The fraction of sp³-hybridized carbons (Fsp3) is 0.793. The third kappa shape index (κ3) is 6.01. The van der Waals surface area contributed by atoms with E-state index in [1.807, 2.05) is 0 Å². The molecule has 4 nitrogen and oxygen atoms in total. The molecular weight excluding hydrogens is 412 g/mol. The number of allylic oxidation sites excluding steroid dienone is 3. The molecule has 3 rings (SSSR count). The van der Waals surface area contributed by atoms with Crippen LogP contribution in [0.15, 0.2) is 35.5 Å². The Hall–Kier alpha value is -0.940. The molecule has 0 radical (unpaired) electrons. The first-order chi connectivity index (χ1) is 15.6. The lowest BCUT2D eigenvalue weighted by Crippen LogP contribution is -2.39. The van der Waals surface area contributed by atoms with Crippen molar-refractivity contribution in [3.63, 3.8) is 0 Å². The first-order valence-electron chi connectivity index (χ1n) is 13.4. The number of ether oxygens (including phenoxy) is 1. The Labute approximate surface area is 201 Å². The van der Waals surface area contributed by atoms with E-state index in [1.165, 1.54) is 31.3 Å². The monoisotopic (exact) mass is 460 g/mol. The van der Waals surface area contributed by atoms with Crippen LogP contribution in [0.1, 0.15) is 98.3 Å². The average Bonchev–Trinajstić information content (AvgIpc) is 3.15. The van der Waals surface area contributed by atoms with Gasteiger partial charge < -0.3 is 20.1 Å². The van der Waals surface area contributed by atoms with Crippen LogP contribution in [0.3, 0.4) is 0 Å². The van der Waals surface area contributed by atoms with Crippen molar-refractivity contribution in [3.05, 3.63) is 35.5 Å². The summed E-state index contributed by atoms with van der Waals surface area (Å²) in [7, 11) is 0. The van der Waals surface area contributed by atoms with Crippen molar-refractivity contribution in [2.45, 2.75) is 122 Å². The highest BCUT2D eigenvalue weighted by molar-refractivity contribution is 5.38. The Morgan fingerprint density at radius 3 is 2.64 bits per heavy atom. The molecule has 3 aliphatic carbocycles. The molecule has 0 aromatic heterocycles. The minimum absolute atomic E-state index is 0.234. The van der Waals surface area contributed by atoms with Gasteiger partial charge in [0, 0.05) is 13.0 Å². The van der Waals surface area contributed by atoms with Crippen molar-refractivity contribution in [3.8, 4) is 0 Å². The van der Waals surface area contributed by atoms with Crippen LogP contribution in [0.4, 0.5) is 0 Å². The molecule has 0 amide bonds. The van der Waals surface area contributed by atoms with Crippen LogP contribution >= 0.6 is 0 Å². The molecule has 0 aromatic rings. The smallest absolute Gasteiger partial charge is 0.0811 e. The van der Waals surface area contributed by atoms with Crippen LogP contribution in [0, 0.1) is 17.3 Å². The summed E-state index contributed by atoms with van der Waals surface area (Å²) < 4.78 is 6.34. The van der Waals surface area contributed by atoms with E-state index >= 15 is 0 Å². The van der Waals surface area contributed by atoms with Crippen molar-refractivity contribution < 1.29 is 20.1 Å². The molecule has 0 heterocycles. The van der Waals surface area contributed by atoms with Crippen molar-refractivity contribution in [2.75, 3.05) is 6.61 Å². The third-order valence-electron chi connectivity index (χ3n) is 9.35. The van der Waals surface area contributed by atoms with E-state index < -0.39 is 17.8 Å². The summed E-state index contributed by atoms with van der Waals surface area (Å²) in [6, 6.07) is 0. The molecule has 3 N–H and O–H groups in total. The van der Waals surface area contributed by atoms with E-state index in [0.29, 0.717) is 24.7 Å². The van der Waals surface area contributed by atoms with Crippen LogP contribution in [0.25, 0.3) is 0 Å². The second kappa shape index (κ2) is 11.2. The highest BCUT2D eigenvalue weighted by Crippen LogP contribution is 2.58. The number of fused-ring (bicyclic) bond motifs is 1. The SMILES string of the molecule is C=C1/C(=C/C=C2\CCC[C@]3(C)[C@@H]([C@H](C)OCCCC(O)(CC)CC)CC[C@@H]23)C[C@@H](O)C[C@@H]1O. The fourth-order valence-electron chi connectivity index (χ4n) is 6.91. The molecule has 188 valence electrons. The average molecular weight is 461 g/mol. The van der Waals surface area contributed by atoms with Gasteiger partial charge in [0.1, 0.15) is 0 Å². The lowest BCUT2D eigenvalue weighted by molar-refractivity contribution is -0.0365. The Morgan fingerprint density at radius 1 is 1.21 bits per heavy atom. The van der Waals surface area contributed by atoms with Gasteiger partial charge in [-0.15, -0.1) is 0 Å². The van der Waals surface area contributed by atoms with Crippen LogP contribution in [0.5, 0.6) is 0 Å². The van der Waals surface area contributed by atoms with Crippen LogP contribution in [-0.2, 0) is 4.74 Å². The number of hydrogen-bond acceptors (Lipinski definition) is 4. The normalized spacial score (nSPS) is 36.4. The van der Waals surface area contributed by atoms with E-state index in [2.05, 4.69) is 46.4 Å². The van der Waals surface area contributed by atoms with E-state index in [-0.39, 0.29) is 11.5 Å². The van der Waals surface area contributed by atoms with E-state index in [9.17, 15) is 15.3 Å². The van der Waals surface area contributed by atoms with Gasteiger partial charge in [0.25, 0.3) is 0 Å². The lowest BCUT2D eigenvalue weighted by atomic mass is 9.62. The van der Waals surface area contributed by atoms with Gasteiger partial charge in [-0.3, -0.25) is 0 Å². The summed E-state index contributed by atoms with van der Waals surface area (Å²) in [5.41, 5.74) is 3.00. The molecule has 0 aliphatic heterocycles. The quantitative estimate of drug-likeness (QED) is 0.377. The predicted molar refractivity (Wildman–Crippen MR) is 135 cm³/mol. The summed E-state index contributed by atoms with van der Waals surface area (Å²) in [5.74, 6) is 1.14. The molecule has 0 unspecified atom stereocenters. The molecule has 3 fully saturated rings. The molecule has 3 aliphatic rings. The summed E-state index contributed by atoms with van der Waals surface area (Å²) in [4.78, 5) is 0. The highest BCUT2D eigenvalue weighted by Gasteiger charge is 2.51. The van der Waals surface area contributed by atoms with Gasteiger partial charge in [0.15, 0.2) is 0 Å². The highest BCUT2D eigenvalue weighted by atomic mass is 16.5. The summed E-state index contributed by atoms with van der Waals surface area (Å²) >= 11 is 0. The van der Waals surface area contributed by atoms with Gasteiger partial charge in [-0.25, -0.2) is 0 Å². The maximum atomic E-state index is 10.5. The zero-order valence-electron chi connectivity index (χ0n) is 21.5. The molecule has 33 heavy (non-hydrogen) atoms. The van der Waals surface area contributed by atoms with Crippen LogP contribution in [0.2, 0.25) is 0 Å². The second-order valence-corrected chi connectivity index (χ2v) is 11.3. The standard InChI is InChI=1S/C29H48O4/c1-6-29(32,7-2)16-9-17-33-21(4)25-13-14-26-22(10-8-15-28(25,26)5)11-12-23-18-24(30)19-27(31)20(23)3/h11-12,21,24-27,30-32H,3,6-10,13-19H2,1-2,4-5H3/b22-11+,23-12+/t21-,24+,25+,26-,27-,28+/m0/s1. The van der Waals surface area contributed by atoms with Gasteiger partial charge in [-0.1, -0.05) is 45.1 Å². The molecule has 3 saturated carbocycles. The van der Waals surface area contributed by atoms with Gasteiger partial charge >= 0.3 is 0 Å². The van der Waals surface area contributed by atoms with Crippen LogP contribution in [-0.4, -0.2) is 45.8 Å². The van der Waals surface area contributed by atoms with Gasteiger partial charge in [0.2, 0.25) is 0 Å². The van der Waals surface area contributed by atoms with E-state index in [0.717, 1.165) is 49.9 Å². The largest absolute Gasteiger partial charge is 0.393 e. The molecular formula is C29H48O4. The molecule has 0 saturated heterocycles. The van der Waals surface area contributed by atoms with E-state index in [1.54, 1.807) is 0 Å². The first kappa shape index (κ1) is 26.7. The predicted octanol–water partition coefficient (Wildman–Crippen LogP) is 5.86. The minimum Gasteiger partial charge on any atom is -0.393 e. The van der Waals surface area contributed by atoms with Crippen molar-refractivity contribution in [2.24, 2.45) is 17.3 Å². The lowest BCUT2D eigenvalue weighted by Gasteiger charge is -2.44. The Balaban J connectivity index is 1.62. The Morgan fingerprint density at radius 2 is 1.94 bits per heavy atom.